The molecule has 0 bridgehead atoms. The van der Waals surface area contributed by atoms with Crippen LogP contribution in [0.2, 0.25) is 0 Å². The number of benzene rings is 1. The van der Waals surface area contributed by atoms with E-state index in [0.29, 0.717) is 6.54 Å². The summed E-state index contributed by atoms with van der Waals surface area (Å²) in [5.41, 5.74) is 0. The number of hydrogen-bond acceptors (Lipinski definition) is 2. The molecular formula is C12H15ClFNO2S. The summed E-state index contributed by atoms with van der Waals surface area (Å²) in [6.45, 7) is 0.319. The van der Waals surface area contributed by atoms with Crippen molar-refractivity contribution in [3.8, 4) is 0 Å². The van der Waals surface area contributed by atoms with Crippen molar-refractivity contribution in [1.29, 1.82) is 0 Å². The molecule has 3 nitrogen and oxygen atoms in total. The predicted molar refractivity (Wildman–Crippen MR) is 68.6 cm³/mol. The predicted octanol–water partition coefficient (Wildman–Crippen LogP) is 2.51. The highest BCUT2D eigenvalue weighted by Gasteiger charge is 2.25. The lowest BCUT2D eigenvalue weighted by atomic mass is 10.1. The Morgan fingerprint density at radius 1 is 1.33 bits per heavy atom. The zero-order chi connectivity index (χ0) is 13.2. The van der Waals surface area contributed by atoms with E-state index in [4.69, 9.17) is 11.6 Å². The van der Waals surface area contributed by atoms with Crippen molar-refractivity contribution in [1.82, 2.24) is 4.72 Å². The van der Waals surface area contributed by atoms with Gasteiger partial charge in [0, 0.05) is 11.9 Å². The largest absolute Gasteiger partial charge is 0.243 e. The fourth-order valence-corrected chi connectivity index (χ4v) is 3.74. The summed E-state index contributed by atoms with van der Waals surface area (Å²) in [7, 11) is -3.76. The highest BCUT2D eigenvalue weighted by molar-refractivity contribution is 7.89. The van der Waals surface area contributed by atoms with Crippen LogP contribution in [0.1, 0.15) is 19.3 Å². The molecule has 0 aliphatic heterocycles. The Balaban J connectivity index is 2.02. The minimum atomic E-state index is -3.76. The van der Waals surface area contributed by atoms with Crippen LogP contribution in [0.5, 0.6) is 0 Å². The van der Waals surface area contributed by atoms with E-state index in [9.17, 15) is 12.8 Å². The third-order valence-electron chi connectivity index (χ3n) is 3.17. The maximum atomic E-state index is 13.4. The standard InChI is InChI=1S/C12H15ClFNO2S/c13-10-6-5-9(7-10)8-15-18(16,17)12-4-2-1-3-11(12)14/h1-4,9-10,15H,5-8H2. The molecular weight excluding hydrogens is 277 g/mol. The second-order valence-electron chi connectivity index (χ2n) is 4.56. The average Bonchev–Trinajstić information content (AvgIpc) is 2.73. The fraction of sp³-hybridized carbons (Fsp3) is 0.500. The van der Waals surface area contributed by atoms with Gasteiger partial charge in [0.25, 0.3) is 0 Å². The van der Waals surface area contributed by atoms with E-state index in [-0.39, 0.29) is 16.2 Å². The molecule has 0 spiro atoms. The first kappa shape index (κ1) is 13.8. The molecule has 1 N–H and O–H groups in total. The van der Waals surface area contributed by atoms with Gasteiger partial charge in [-0.2, -0.15) is 0 Å². The van der Waals surface area contributed by atoms with Crippen LogP contribution >= 0.6 is 11.6 Å². The summed E-state index contributed by atoms with van der Waals surface area (Å²) in [6.07, 6.45) is 2.63. The van der Waals surface area contributed by atoms with Gasteiger partial charge in [0.05, 0.1) is 0 Å². The van der Waals surface area contributed by atoms with Crippen molar-refractivity contribution >= 4 is 21.6 Å². The molecule has 6 heteroatoms. The van der Waals surface area contributed by atoms with E-state index in [1.165, 1.54) is 18.2 Å². The number of rotatable bonds is 4. The lowest BCUT2D eigenvalue weighted by Crippen LogP contribution is -2.29. The smallest absolute Gasteiger partial charge is 0.211 e. The first-order valence-electron chi connectivity index (χ1n) is 5.87. The molecule has 0 radical (unpaired) electrons. The van der Waals surface area contributed by atoms with E-state index in [0.717, 1.165) is 25.3 Å². The lowest BCUT2D eigenvalue weighted by molar-refractivity contribution is 0.514. The van der Waals surface area contributed by atoms with Crippen LogP contribution in [0.25, 0.3) is 0 Å². The van der Waals surface area contributed by atoms with E-state index in [2.05, 4.69) is 4.72 Å². The first-order chi connectivity index (χ1) is 8.49. The van der Waals surface area contributed by atoms with Crippen molar-refractivity contribution in [2.45, 2.75) is 29.5 Å². The van der Waals surface area contributed by atoms with Crippen molar-refractivity contribution < 1.29 is 12.8 Å². The molecule has 0 heterocycles. The van der Waals surface area contributed by atoms with Crippen molar-refractivity contribution in [3.05, 3.63) is 30.1 Å². The Morgan fingerprint density at radius 3 is 2.67 bits per heavy atom. The molecule has 0 saturated heterocycles. The van der Waals surface area contributed by atoms with Gasteiger partial charge < -0.3 is 0 Å². The molecule has 1 aliphatic carbocycles. The molecule has 1 saturated carbocycles. The highest BCUT2D eigenvalue weighted by Crippen LogP contribution is 2.29. The van der Waals surface area contributed by atoms with Gasteiger partial charge in [-0.25, -0.2) is 17.5 Å². The molecule has 18 heavy (non-hydrogen) atoms. The van der Waals surface area contributed by atoms with Gasteiger partial charge in [-0.05, 0) is 37.3 Å². The van der Waals surface area contributed by atoms with E-state index in [1.54, 1.807) is 0 Å². The topological polar surface area (TPSA) is 46.2 Å². The van der Waals surface area contributed by atoms with E-state index >= 15 is 0 Å². The molecule has 1 aromatic rings. The Hall–Kier alpha value is -0.650. The number of sulfonamides is 1. The molecule has 2 rings (SSSR count). The second-order valence-corrected chi connectivity index (χ2v) is 6.91. The second kappa shape index (κ2) is 5.55. The average molecular weight is 292 g/mol. The number of nitrogens with one attached hydrogen (secondary N) is 1. The third-order valence-corrected chi connectivity index (χ3v) is 5.02. The van der Waals surface area contributed by atoms with Crippen molar-refractivity contribution in [3.63, 3.8) is 0 Å². The van der Waals surface area contributed by atoms with E-state index in [1.807, 2.05) is 0 Å². The van der Waals surface area contributed by atoms with Gasteiger partial charge in [-0.15, -0.1) is 11.6 Å². The van der Waals surface area contributed by atoms with Crippen LogP contribution in [0, 0.1) is 11.7 Å². The monoisotopic (exact) mass is 291 g/mol. The van der Waals surface area contributed by atoms with Crippen LogP contribution in [-0.2, 0) is 10.0 Å². The van der Waals surface area contributed by atoms with Gasteiger partial charge in [-0.1, -0.05) is 12.1 Å². The fourth-order valence-electron chi connectivity index (χ4n) is 2.17. The SMILES string of the molecule is O=S(=O)(NCC1CCC(Cl)C1)c1ccccc1F. The Morgan fingerprint density at radius 2 is 2.06 bits per heavy atom. The molecule has 2 unspecified atom stereocenters. The molecule has 100 valence electrons. The van der Waals surface area contributed by atoms with Crippen LogP contribution < -0.4 is 4.72 Å². The van der Waals surface area contributed by atoms with Crippen LogP contribution in [-0.4, -0.2) is 20.3 Å². The molecule has 0 aromatic heterocycles. The summed E-state index contributed by atoms with van der Waals surface area (Å²) in [6, 6.07) is 5.36. The molecule has 2 atom stereocenters. The summed E-state index contributed by atoms with van der Waals surface area (Å²) in [5, 5.41) is 0.132. The lowest BCUT2D eigenvalue weighted by Gasteiger charge is -2.11. The zero-order valence-electron chi connectivity index (χ0n) is 9.77. The molecule has 1 fully saturated rings. The quantitative estimate of drug-likeness (QED) is 0.867. The van der Waals surface area contributed by atoms with Crippen LogP contribution in [0.15, 0.2) is 29.2 Å². The van der Waals surface area contributed by atoms with Crippen molar-refractivity contribution in [2.75, 3.05) is 6.54 Å². The van der Waals surface area contributed by atoms with E-state index < -0.39 is 15.8 Å². The van der Waals surface area contributed by atoms with Gasteiger partial charge in [0.1, 0.15) is 10.7 Å². The molecule has 1 aromatic carbocycles. The van der Waals surface area contributed by atoms with Crippen molar-refractivity contribution in [2.24, 2.45) is 5.92 Å². The minimum Gasteiger partial charge on any atom is -0.211 e. The summed E-state index contributed by atoms with van der Waals surface area (Å²) in [5.74, 6) is -0.485. The third kappa shape index (κ3) is 3.22. The maximum Gasteiger partial charge on any atom is 0.243 e. The highest BCUT2D eigenvalue weighted by atomic mass is 35.5. The maximum absolute atomic E-state index is 13.4. The number of alkyl halides is 1. The van der Waals surface area contributed by atoms with Crippen LogP contribution in [0.4, 0.5) is 4.39 Å². The normalized spacial score (nSPS) is 24.3. The first-order valence-corrected chi connectivity index (χ1v) is 7.79. The molecule has 0 amide bonds. The number of hydrogen-bond donors (Lipinski definition) is 1. The minimum absolute atomic E-state index is 0.132. The molecule has 1 aliphatic rings. The van der Waals surface area contributed by atoms with Gasteiger partial charge >= 0.3 is 0 Å². The summed E-state index contributed by atoms with van der Waals surface area (Å²) < 4.78 is 39.7. The van der Waals surface area contributed by atoms with Gasteiger partial charge in [0.2, 0.25) is 10.0 Å². The van der Waals surface area contributed by atoms with Gasteiger partial charge in [0.15, 0.2) is 0 Å². The Kier molecular flexibility index (Phi) is 4.25. The zero-order valence-corrected chi connectivity index (χ0v) is 11.3. The Bertz CT molecular complexity index is 521. The van der Waals surface area contributed by atoms with Crippen LogP contribution in [0.3, 0.4) is 0 Å². The summed E-state index contributed by atoms with van der Waals surface area (Å²) in [4.78, 5) is -0.301. The Labute approximate surface area is 111 Å². The van der Waals surface area contributed by atoms with Gasteiger partial charge in [-0.3, -0.25) is 0 Å². The summed E-state index contributed by atoms with van der Waals surface area (Å²) >= 11 is 5.96. The number of halogens is 2.